The van der Waals surface area contributed by atoms with Gasteiger partial charge in [-0.25, -0.2) is 0 Å². The van der Waals surface area contributed by atoms with Crippen molar-refractivity contribution in [3.63, 3.8) is 0 Å². The average Bonchev–Trinajstić information content (AvgIpc) is 3.47. The van der Waals surface area contributed by atoms with Gasteiger partial charge in [0.2, 0.25) is 0 Å². The number of furan rings is 1. The van der Waals surface area contributed by atoms with Gasteiger partial charge in [0.1, 0.15) is 11.3 Å². The van der Waals surface area contributed by atoms with Gasteiger partial charge in [-0.1, -0.05) is 136 Å². The molecule has 0 unspecified atom stereocenters. The summed E-state index contributed by atoms with van der Waals surface area (Å²) in [7, 11) is 0. The molecule has 0 bridgehead atoms. The van der Waals surface area contributed by atoms with E-state index in [1.165, 1.54) is 33.2 Å². The van der Waals surface area contributed by atoms with E-state index in [4.69, 9.17) is 4.42 Å². The number of hydrogen-bond donors (Lipinski definition) is 0. The lowest BCUT2D eigenvalue weighted by Crippen LogP contribution is -2.12. The third-order valence-electron chi connectivity index (χ3n) is 8.18. The van der Waals surface area contributed by atoms with Crippen molar-refractivity contribution in [2.24, 2.45) is 0 Å². The highest BCUT2D eigenvalue weighted by molar-refractivity contribution is 5.90. The van der Waals surface area contributed by atoms with Crippen molar-refractivity contribution < 1.29 is 4.42 Å². The molecule has 0 saturated heterocycles. The van der Waals surface area contributed by atoms with Crippen LogP contribution in [0.3, 0.4) is 0 Å². The van der Waals surface area contributed by atoms with E-state index >= 15 is 0 Å². The van der Waals surface area contributed by atoms with E-state index < -0.39 is 0 Å². The second-order valence-electron chi connectivity index (χ2n) is 12.3. The van der Waals surface area contributed by atoms with Crippen LogP contribution < -0.4 is 4.90 Å². The van der Waals surface area contributed by atoms with Crippen molar-refractivity contribution in [3.8, 4) is 33.6 Å². The zero-order chi connectivity index (χ0) is 30.1. The average molecular weight is 570 g/mol. The van der Waals surface area contributed by atoms with Crippen molar-refractivity contribution in [1.29, 1.82) is 0 Å². The van der Waals surface area contributed by atoms with Crippen LogP contribution in [0.25, 0.3) is 44.5 Å². The highest BCUT2D eigenvalue weighted by Crippen LogP contribution is 2.43. The van der Waals surface area contributed by atoms with Crippen LogP contribution in [-0.2, 0) is 5.41 Å². The lowest BCUT2D eigenvalue weighted by atomic mass is 9.83. The monoisotopic (exact) mass is 569 g/mol. The predicted octanol–water partition coefficient (Wildman–Crippen LogP) is 12.2. The van der Waals surface area contributed by atoms with Gasteiger partial charge in [0.05, 0.1) is 0 Å². The molecule has 0 N–H and O–H groups in total. The Morgan fingerprint density at radius 2 is 0.909 bits per heavy atom. The fourth-order valence-electron chi connectivity index (χ4n) is 6.09. The Bertz CT molecular complexity index is 1930. The molecule has 7 rings (SSSR count). The van der Waals surface area contributed by atoms with Crippen molar-refractivity contribution in [2.45, 2.75) is 26.2 Å². The summed E-state index contributed by atoms with van der Waals surface area (Å²) in [6.07, 6.45) is 0. The number of benzene rings is 6. The Morgan fingerprint density at radius 3 is 1.45 bits per heavy atom. The molecule has 0 amide bonds. The Morgan fingerprint density at radius 1 is 0.432 bits per heavy atom. The minimum absolute atomic E-state index is 0.0852. The Hall–Kier alpha value is -5.34. The third kappa shape index (κ3) is 5.31. The molecule has 214 valence electrons. The molecule has 1 heterocycles. The van der Waals surface area contributed by atoms with Crippen molar-refractivity contribution in [2.75, 3.05) is 4.90 Å². The van der Waals surface area contributed by atoms with Crippen LogP contribution in [0, 0.1) is 0 Å². The fraction of sp³-hybridized carbons (Fsp3) is 0.0952. The standard InChI is InChI=1S/C42H35NO/c1-42(2,3)40-38-19-10-11-20-39(38)44-41(40)34-17-12-18-37(29-34)43(35-25-21-32(22-26-35)30-13-6-4-7-14-30)36-27-23-33(24-28-36)31-15-8-5-9-16-31/h4-29H,1-3H3. The maximum Gasteiger partial charge on any atom is 0.139 e. The molecule has 0 aliphatic heterocycles. The number of para-hydroxylation sites is 1. The molecule has 0 atom stereocenters. The molecule has 1 aromatic heterocycles. The van der Waals surface area contributed by atoms with Gasteiger partial charge in [0.15, 0.2) is 0 Å². The summed E-state index contributed by atoms with van der Waals surface area (Å²) in [5.41, 5.74) is 11.2. The van der Waals surface area contributed by atoms with E-state index in [9.17, 15) is 0 Å². The van der Waals surface area contributed by atoms with Gasteiger partial charge in [0.25, 0.3) is 0 Å². The quantitative estimate of drug-likeness (QED) is 0.198. The van der Waals surface area contributed by atoms with Gasteiger partial charge in [-0.15, -0.1) is 0 Å². The lowest BCUT2D eigenvalue weighted by Gasteiger charge is -2.26. The summed E-state index contributed by atoms with van der Waals surface area (Å²) in [6, 6.07) is 55.8. The maximum absolute atomic E-state index is 6.57. The number of fused-ring (bicyclic) bond motifs is 1. The van der Waals surface area contributed by atoms with Gasteiger partial charge in [-0.3, -0.25) is 0 Å². The van der Waals surface area contributed by atoms with Gasteiger partial charge in [0, 0.05) is 33.6 Å². The van der Waals surface area contributed by atoms with E-state index in [0.29, 0.717) is 0 Å². The molecule has 0 spiro atoms. The van der Waals surface area contributed by atoms with Crippen LogP contribution in [-0.4, -0.2) is 0 Å². The van der Waals surface area contributed by atoms with Crippen LogP contribution in [0.1, 0.15) is 26.3 Å². The summed E-state index contributed by atoms with van der Waals surface area (Å²) in [4.78, 5) is 2.33. The smallest absolute Gasteiger partial charge is 0.139 e. The first-order valence-electron chi connectivity index (χ1n) is 15.2. The topological polar surface area (TPSA) is 16.4 Å². The van der Waals surface area contributed by atoms with E-state index in [-0.39, 0.29) is 5.41 Å². The van der Waals surface area contributed by atoms with Crippen LogP contribution in [0.5, 0.6) is 0 Å². The first kappa shape index (κ1) is 27.5. The van der Waals surface area contributed by atoms with Crippen molar-refractivity contribution >= 4 is 28.0 Å². The zero-order valence-electron chi connectivity index (χ0n) is 25.4. The largest absolute Gasteiger partial charge is 0.456 e. The molecule has 2 heteroatoms. The summed E-state index contributed by atoms with van der Waals surface area (Å²) in [6.45, 7) is 6.77. The van der Waals surface area contributed by atoms with E-state index in [0.717, 1.165) is 34.0 Å². The van der Waals surface area contributed by atoms with Crippen molar-refractivity contribution in [1.82, 2.24) is 0 Å². The first-order chi connectivity index (χ1) is 21.5. The van der Waals surface area contributed by atoms with E-state index in [1.54, 1.807) is 0 Å². The number of anilines is 3. The zero-order valence-corrected chi connectivity index (χ0v) is 25.4. The molecule has 0 fully saturated rings. The molecule has 0 radical (unpaired) electrons. The van der Waals surface area contributed by atoms with Crippen LogP contribution in [0.4, 0.5) is 17.1 Å². The lowest BCUT2D eigenvalue weighted by molar-refractivity contribution is 0.568. The van der Waals surface area contributed by atoms with Gasteiger partial charge < -0.3 is 9.32 Å². The molecule has 2 nitrogen and oxygen atoms in total. The first-order valence-corrected chi connectivity index (χ1v) is 15.2. The molecular formula is C42H35NO. The Balaban J connectivity index is 1.35. The van der Waals surface area contributed by atoms with Crippen LogP contribution in [0.15, 0.2) is 162 Å². The molecule has 6 aromatic carbocycles. The van der Waals surface area contributed by atoms with E-state index in [1.807, 2.05) is 6.07 Å². The summed E-state index contributed by atoms with van der Waals surface area (Å²) >= 11 is 0. The van der Waals surface area contributed by atoms with E-state index in [2.05, 4.69) is 177 Å². The second kappa shape index (κ2) is 11.4. The number of nitrogens with zero attached hydrogens (tertiary/aromatic N) is 1. The maximum atomic E-state index is 6.57. The molecule has 0 aliphatic rings. The highest BCUT2D eigenvalue weighted by atomic mass is 16.3. The molecule has 0 aliphatic carbocycles. The normalized spacial score (nSPS) is 11.5. The van der Waals surface area contributed by atoms with Gasteiger partial charge >= 0.3 is 0 Å². The minimum atomic E-state index is -0.0852. The highest BCUT2D eigenvalue weighted by Gasteiger charge is 2.26. The van der Waals surface area contributed by atoms with Crippen LogP contribution in [0.2, 0.25) is 0 Å². The number of hydrogen-bond acceptors (Lipinski definition) is 2. The molecule has 0 saturated carbocycles. The minimum Gasteiger partial charge on any atom is -0.456 e. The Kier molecular flexibility index (Phi) is 7.12. The summed E-state index contributed by atoms with van der Waals surface area (Å²) in [5.74, 6) is 0.930. The molecule has 44 heavy (non-hydrogen) atoms. The van der Waals surface area contributed by atoms with Crippen LogP contribution >= 0.6 is 0 Å². The van der Waals surface area contributed by atoms with Gasteiger partial charge in [-0.05, 0) is 70.1 Å². The Labute approximate surface area is 259 Å². The number of rotatable bonds is 6. The summed E-state index contributed by atoms with van der Waals surface area (Å²) < 4.78 is 6.57. The molecular weight excluding hydrogens is 534 g/mol. The fourth-order valence-corrected chi connectivity index (χ4v) is 6.09. The third-order valence-corrected chi connectivity index (χ3v) is 8.18. The van der Waals surface area contributed by atoms with Gasteiger partial charge in [-0.2, -0.15) is 0 Å². The predicted molar refractivity (Wildman–Crippen MR) is 186 cm³/mol. The second-order valence-corrected chi connectivity index (χ2v) is 12.3. The molecule has 7 aromatic rings. The SMILES string of the molecule is CC(C)(C)c1c(-c2cccc(N(c3ccc(-c4ccccc4)cc3)c3ccc(-c4ccccc4)cc3)c2)oc2ccccc12. The summed E-state index contributed by atoms with van der Waals surface area (Å²) in [5, 5.41) is 1.17. The van der Waals surface area contributed by atoms with Crippen molar-refractivity contribution in [3.05, 3.63) is 163 Å².